The minimum absolute atomic E-state index is 0.0305. The van der Waals surface area contributed by atoms with E-state index in [1.165, 1.54) is 0 Å². The van der Waals surface area contributed by atoms with Gasteiger partial charge in [-0.15, -0.1) is 0 Å². The van der Waals surface area contributed by atoms with Crippen molar-refractivity contribution >= 4 is 28.5 Å². The van der Waals surface area contributed by atoms with Gasteiger partial charge in [0.05, 0.1) is 16.6 Å². The Morgan fingerprint density at radius 3 is 2.93 bits per heavy atom. The number of carbonyl (C=O) groups excluding carboxylic acids is 1. The van der Waals surface area contributed by atoms with E-state index in [4.69, 9.17) is 11.6 Å². The molecule has 6 heteroatoms. The molecule has 1 unspecified atom stereocenters. The van der Waals surface area contributed by atoms with E-state index in [9.17, 15) is 4.79 Å². The zero-order valence-electron chi connectivity index (χ0n) is 15.3. The molecule has 1 fully saturated rings. The van der Waals surface area contributed by atoms with Crippen LogP contribution in [0.15, 0.2) is 48.8 Å². The van der Waals surface area contributed by atoms with Gasteiger partial charge in [0.15, 0.2) is 0 Å². The second-order valence-corrected chi connectivity index (χ2v) is 7.68. The number of hydrogen-bond donors (Lipinski definition) is 2. The normalized spacial score (nSPS) is 19.9. The van der Waals surface area contributed by atoms with Crippen molar-refractivity contribution in [3.63, 3.8) is 0 Å². The monoisotopic (exact) mass is 382 g/mol. The van der Waals surface area contributed by atoms with Crippen LogP contribution >= 0.6 is 11.6 Å². The molecular formula is C21H23ClN4O. The van der Waals surface area contributed by atoms with E-state index < -0.39 is 5.54 Å². The van der Waals surface area contributed by atoms with E-state index in [0.717, 1.165) is 48.1 Å². The minimum Gasteiger partial charge on any atom is -0.350 e. The maximum atomic E-state index is 12.6. The smallest absolute Gasteiger partial charge is 0.240 e. The molecular weight excluding hydrogens is 360 g/mol. The first-order chi connectivity index (χ1) is 13.1. The average Bonchev–Trinajstić information content (AvgIpc) is 3.11. The zero-order chi connectivity index (χ0) is 18.9. The first-order valence-electron chi connectivity index (χ1n) is 9.31. The molecule has 1 aliphatic heterocycles. The van der Waals surface area contributed by atoms with Gasteiger partial charge in [-0.05, 0) is 62.6 Å². The maximum absolute atomic E-state index is 12.6. The number of benzene rings is 2. The van der Waals surface area contributed by atoms with Crippen LogP contribution in [0.25, 0.3) is 16.7 Å². The van der Waals surface area contributed by atoms with Crippen molar-refractivity contribution in [1.82, 2.24) is 20.2 Å². The molecule has 1 aliphatic rings. The molecule has 0 saturated carbocycles. The fourth-order valence-electron chi connectivity index (χ4n) is 3.61. The molecule has 0 spiro atoms. The summed E-state index contributed by atoms with van der Waals surface area (Å²) >= 11 is 6.50. The van der Waals surface area contributed by atoms with Gasteiger partial charge in [-0.3, -0.25) is 9.36 Å². The molecule has 140 valence electrons. The predicted molar refractivity (Wildman–Crippen MR) is 108 cm³/mol. The van der Waals surface area contributed by atoms with Crippen LogP contribution in [0.5, 0.6) is 0 Å². The lowest BCUT2D eigenvalue weighted by Crippen LogP contribution is -2.56. The molecule has 4 rings (SSSR count). The molecule has 1 saturated heterocycles. The summed E-state index contributed by atoms with van der Waals surface area (Å²) in [4.78, 5) is 17.0. The number of hydrogen-bond acceptors (Lipinski definition) is 3. The lowest BCUT2D eigenvalue weighted by molar-refractivity contribution is -0.128. The number of aromatic nitrogens is 2. The summed E-state index contributed by atoms with van der Waals surface area (Å²) in [5.74, 6) is 0.0305. The summed E-state index contributed by atoms with van der Waals surface area (Å²) < 4.78 is 2.01. The van der Waals surface area contributed by atoms with Crippen LogP contribution in [0.3, 0.4) is 0 Å². The number of piperidine rings is 1. The Morgan fingerprint density at radius 2 is 2.15 bits per heavy atom. The SMILES string of the molecule is CC1(C(=O)NCc2ccc(-n3cnc4ccccc43)cc2Cl)CCCCN1. The summed E-state index contributed by atoms with van der Waals surface area (Å²) in [6.45, 7) is 3.27. The van der Waals surface area contributed by atoms with Gasteiger partial charge in [0.1, 0.15) is 6.33 Å². The van der Waals surface area contributed by atoms with Crippen LogP contribution in [0, 0.1) is 0 Å². The van der Waals surface area contributed by atoms with Gasteiger partial charge in [-0.1, -0.05) is 29.8 Å². The first-order valence-corrected chi connectivity index (χ1v) is 9.69. The topological polar surface area (TPSA) is 59.0 Å². The Balaban J connectivity index is 1.50. The van der Waals surface area contributed by atoms with Crippen molar-refractivity contribution in [3.05, 3.63) is 59.4 Å². The molecule has 5 nitrogen and oxygen atoms in total. The van der Waals surface area contributed by atoms with Crippen LogP contribution < -0.4 is 10.6 Å². The van der Waals surface area contributed by atoms with E-state index in [1.54, 1.807) is 6.33 Å². The highest BCUT2D eigenvalue weighted by Gasteiger charge is 2.33. The second kappa shape index (κ2) is 7.33. The summed E-state index contributed by atoms with van der Waals surface area (Å²) in [7, 11) is 0. The van der Waals surface area contributed by atoms with Gasteiger partial charge < -0.3 is 10.6 Å². The number of nitrogens with one attached hydrogen (secondary N) is 2. The summed E-state index contributed by atoms with van der Waals surface area (Å²) in [5.41, 5.74) is 3.34. The number of fused-ring (bicyclic) bond motifs is 1. The van der Waals surface area contributed by atoms with Gasteiger partial charge in [-0.25, -0.2) is 4.98 Å². The van der Waals surface area contributed by atoms with Crippen molar-refractivity contribution in [1.29, 1.82) is 0 Å². The number of nitrogens with zero attached hydrogens (tertiary/aromatic N) is 2. The number of carbonyl (C=O) groups is 1. The summed E-state index contributed by atoms with van der Waals surface area (Å²) in [6, 6.07) is 13.9. The Labute approximate surface area is 163 Å². The third-order valence-corrected chi connectivity index (χ3v) is 5.68. The lowest BCUT2D eigenvalue weighted by atomic mass is 9.90. The number of amides is 1. The maximum Gasteiger partial charge on any atom is 0.240 e. The van der Waals surface area contributed by atoms with Gasteiger partial charge in [0, 0.05) is 17.3 Å². The zero-order valence-corrected chi connectivity index (χ0v) is 16.1. The van der Waals surface area contributed by atoms with Crippen LogP contribution in [0.1, 0.15) is 31.7 Å². The molecule has 27 heavy (non-hydrogen) atoms. The third kappa shape index (κ3) is 3.57. The summed E-state index contributed by atoms with van der Waals surface area (Å²) in [6.07, 6.45) is 4.86. The lowest BCUT2D eigenvalue weighted by Gasteiger charge is -2.33. The quantitative estimate of drug-likeness (QED) is 0.721. The number of para-hydroxylation sites is 2. The van der Waals surface area contributed by atoms with Crippen LogP contribution in [-0.2, 0) is 11.3 Å². The molecule has 1 aromatic heterocycles. The highest BCUT2D eigenvalue weighted by molar-refractivity contribution is 6.31. The predicted octanol–water partition coefficient (Wildman–Crippen LogP) is 3.83. The van der Waals surface area contributed by atoms with Crippen molar-refractivity contribution in [3.8, 4) is 5.69 Å². The molecule has 0 bridgehead atoms. The van der Waals surface area contributed by atoms with E-state index in [-0.39, 0.29) is 5.91 Å². The Kier molecular flexibility index (Phi) is 4.89. The average molecular weight is 383 g/mol. The van der Waals surface area contributed by atoms with E-state index in [0.29, 0.717) is 11.6 Å². The Bertz CT molecular complexity index is 975. The van der Waals surface area contributed by atoms with Gasteiger partial charge >= 0.3 is 0 Å². The van der Waals surface area contributed by atoms with E-state index in [1.807, 2.05) is 54.0 Å². The van der Waals surface area contributed by atoms with E-state index >= 15 is 0 Å². The van der Waals surface area contributed by atoms with Crippen LogP contribution in [0.2, 0.25) is 5.02 Å². The fourth-order valence-corrected chi connectivity index (χ4v) is 3.86. The van der Waals surface area contributed by atoms with Crippen LogP contribution in [0.4, 0.5) is 0 Å². The fraction of sp³-hybridized carbons (Fsp3) is 0.333. The standard InChI is InChI=1S/C21H23ClN4O/c1-21(10-4-5-11-25-21)20(27)23-13-15-8-9-16(12-17(15)22)26-14-24-18-6-2-3-7-19(18)26/h2-3,6-9,12,14,25H,4-5,10-11,13H2,1H3,(H,23,27). The molecule has 3 aromatic rings. The van der Waals surface area contributed by atoms with E-state index in [2.05, 4.69) is 15.6 Å². The highest BCUT2D eigenvalue weighted by Crippen LogP contribution is 2.24. The molecule has 2 aromatic carbocycles. The van der Waals surface area contributed by atoms with Crippen LogP contribution in [-0.4, -0.2) is 27.5 Å². The van der Waals surface area contributed by atoms with Gasteiger partial charge in [0.25, 0.3) is 0 Å². The minimum atomic E-state index is -0.486. The molecule has 1 atom stereocenters. The third-order valence-electron chi connectivity index (χ3n) is 5.33. The highest BCUT2D eigenvalue weighted by atomic mass is 35.5. The molecule has 0 aliphatic carbocycles. The molecule has 0 radical (unpaired) electrons. The van der Waals surface area contributed by atoms with Crippen molar-refractivity contribution in [2.45, 2.75) is 38.3 Å². The first kappa shape index (κ1) is 18.0. The van der Waals surface area contributed by atoms with Crippen molar-refractivity contribution < 1.29 is 4.79 Å². The largest absolute Gasteiger partial charge is 0.350 e. The van der Waals surface area contributed by atoms with Gasteiger partial charge in [0.2, 0.25) is 5.91 Å². The number of rotatable bonds is 4. The Hall–Kier alpha value is -2.37. The van der Waals surface area contributed by atoms with Crippen molar-refractivity contribution in [2.75, 3.05) is 6.54 Å². The molecule has 2 N–H and O–H groups in total. The molecule has 2 heterocycles. The summed E-state index contributed by atoms with van der Waals surface area (Å²) in [5, 5.41) is 7.00. The van der Waals surface area contributed by atoms with Gasteiger partial charge in [-0.2, -0.15) is 0 Å². The molecule has 1 amide bonds. The number of halogens is 1. The second-order valence-electron chi connectivity index (χ2n) is 7.28. The number of imidazole rings is 1. The van der Waals surface area contributed by atoms with Crippen molar-refractivity contribution in [2.24, 2.45) is 0 Å². The Morgan fingerprint density at radius 1 is 1.30 bits per heavy atom.